The Morgan fingerprint density at radius 2 is 1.94 bits per heavy atom. The molecule has 1 aromatic rings. The van der Waals surface area contributed by atoms with Crippen molar-refractivity contribution < 1.29 is 9.52 Å². The molecule has 1 N–H and O–H groups in total. The molecule has 1 aliphatic heterocycles. The quantitative estimate of drug-likeness (QED) is 0.846. The molecule has 1 aromatic heterocycles. The van der Waals surface area contributed by atoms with Crippen LogP contribution in [-0.4, -0.2) is 23.1 Å². The van der Waals surface area contributed by atoms with E-state index in [1.807, 2.05) is 12.1 Å². The van der Waals surface area contributed by atoms with Gasteiger partial charge in [0.05, 0.1) is 6.54 Å². The van der Waals surface area contributed by atoms with Crippen LogP contribution in [0.5, 0.6) is 0 Å². The van der Waals surface area contributed by atoms with Crippen LogP contribution in [-0.2, 0) is 13.2 Å². The van der Waals surface area contributed by atoms with Crippen molar-refractivity contribution in [2.24, 2.45) is 17.3 Å². The zero-order chi connectivity index (χ0) is 11.3. The van der Waals surface area contributed by atoms with Gasteiger partial charge >= 0.3 is 0 Å². The first-order valence-electron chi connectivity index (χ1n) is 6.02. The molecule has 3 nitrogen and oxygen atoms in total. The van der Waals surface area contributed by atoms with Gasteiger partial charge in [0.1, 0.15) is 18.1 Å². The number of fused-ring (bicyclic) bond motifs is 1. The number of likely N-dealkylation sites (tertiary alicyclic amines) is 1. The number of aliphatic hydroxyl groups excluding tert-OH is 1. The Balaban J connectivity index is 1.58. The Labute approximate surface area is 96.1 Å². The van der Waals surface area contributed by atoms with E-state index in [-0.39, 0.29) is 6.61 Å². The summed E-state index contributed by atoms with van der Waals surface area (Å²) in [4.78, 5) is 2.46. The number of aliphatic hydroxyl groups is 1. The molecular weight excluding hydrogens is 202 g/mol. The highest BCUT2D eigenvalue weighted by Crippen LogP contribution is 2.62. The van der Waals surface area contributed by atoms with E-state index in [0.717, 1.165) is 24.1 Å². The van der Waals surface area contributed by atoms with Gasteiger partial charge < -0.3 is 9.52 Å². The van der Waals surface area contributed by atoms with Gasteiger partial charge in [-0.1, -0.05) is 13.8 Å². The second kappa shape index (κ2) is 3.34. The van der Waals surface area contributed by atoms with Gasteiger partial charge in [-0.15, -0.1) is 0 Å². The minimum absolute atomic E-state index is 0.00171. The third kappa shape index (κ3) is 1.50. The second-order valence-corrected chi connectivity index (χ2v) is 5.75. The van der Waals surface area contributed by atoms with Crippen molar-refractivity contribution in [3.8, 4) is 0 Å². The van der Waals surface area contributed by atoms with E-state index in [1.54, 1.807) is 0 Å². The van der Waals surface area contributed by atoms with Crippen LogP contribution in [0.3, 0.4) is 0 Å². The van der Waals surface area contributed by atoms with Crippen LogP contribution in [0.4, 0.5) is 0 Å². The van der Waals surface area contributed by atoms with Crippen molar-refractivity contribution in [3.63, 3.8) is 0 Å². The summed E-state index contributed by atoms with van der Waals surface area (Å²) in [6, 6.07) is 3.83. The summed E-state index contributed by atoms with van der Waals surface area (Å²) in [5.41, 5.74) is 0.579. The molecule has 16 heavy (non-hydrogen) atoms. The van der Waals surface area contributed by atoms with Crippen molar-refractivity contribution in [2.75, 3.05) is 13.1 Å². The van der Waals surface area contributed by atoms with Crippen LogP contribution in [0.25, 0.3) is 0 Å². The lowest BCUT2D eigenvalue weighted by Crippen LogP contribution is -2.25. The van der Waals surface area contributed by atoms with Crippen molar-refractivity contribution in [2.45, 2.75) is 27.0 Å². The first-order valence-corrected chi connectivity index (χ1v) is 6.02. The average molecular weight is 221 g/mol. The molecule has 3 rings (SSSR count). The van der Waals surface area contributed by atoms with Crippen LogP contribution in [0.2, 0.25) is 0 Å². The summed E-state index contributed by atoms with van der Waals surface area (Å²) in [6.07, 6.45) is 0. The normalized spacial score (nSPS) is 31.7. The molecule has 2 atom stereocenters. The number of hydrogen-bond acceptors (Lipinski definition) is 3. The molecule has 0 amide bonds. The van der Waals surface area contributed by atoms with Gasteiger partial charge in [-0.05, 0) is 29.4 Å². The molecule has 88 valence electrons. The van der Waals surface area contributed by atoms with Crippen LogP contribution in [0, 0.1) is 17.3 Å². The molecule has 1 saturated heterocycles. The minimum atomic E-state index is -0.00171. The summed E-state index contributed by atoms with van der Waals surface area (Å²) >= 11 is 0. The molecule has 2 heterocycles. The molecule has 3 heteroatoms. The number of hydrogen-bond donors (Lipinski definition) is 1. The first-order chi connectivity index (χ1) is 7.61. The summed E-state index contributed by atoms with van der Waals surface area (Å²) in [5.74, 6) is 3.42. The second-order valence-electron chi connectivity index (χ2n) is 5.75. The molecule has 0 spiro atoms. The average Bonchev–Trinajstić information content (AvgIpc) is 2.73. The van der Waals surface area contributed by atoms with E-state index >= 15 is 0 Å². The third-order valence-corrected chi connectivity index (χ3v) is 4.45. The molecule has 2 aliphatic rings. The summed E-state index contributed by atoms with van der Waals surface area (Å²) in [6.45, 7) is 8.04. The maximum atomic E-state index is 8.92. The summed E-state index contributed by atoms with van der Waals surface area (Å²) in [5, 5.41) is 8.92. The van der Waals surface area contributed by atoms with E-state index in [4.69, 9.17) is 9.52 Å². The molecule has 1 aliphatic carbocycles. The van der Waals surface area contributed by atoms with Gasteiger partial charge in [-0.2, -0.15) is 0 Å². The van der Waals surface area contributed by atoms with Gasteiger partial charge in [0.15, 0.2) is 0 Å². The highest BCUT2D eigenvalue weighted by Gasteiger charge is 2.61. The number of furan rings is 1. The Hall–Kier alpha value is -0.800. The lowest BCUT2D eigenvalue weighted by molar-refractivity contribution is 0.214. The summed E-state index contributed by atoms with van der Waals surface area (Å²) in [7, 11) is 0. The fourth-order valence-corrected chi connectivity index (χ4v) is 3.16. The van der Waals surface area contributed by atoms with Crippen molar-refractivity contribution in [1.82, 2.24) is 4.90 Å². The van der Waals surface area contributed by atoms with E-state index in [0.29, 0.717) is 11.2 Å². The predicted molar refractivity (Wildman–Crippen MR) is 60.7 cm³/mol. The van der Waals surface area contributed by atoms with E-state index in [2.05, 4.69) is 18.7 Å². The van der Waals surface area contributed by atoms with E-state index in [9.17, 15) is 0 Å². The zero-order valence-electron chi connectivity index (χ0n) is 9.94. The lowest BCUT2D eigenvalue weighted by Gasteiger charge is -2.20. The molecule has 0 bridgehead atoms. The number of piperidine rings is 1. The molecule has 0 radical (unpaired) electrons. The highest BCUT2D eigenvalue weighted by atomic mass is 16.4. The van der Waals surface area contributed by atoms with Gasteiger partial charge in [0, 0.05) is 13.1 Å². The van der Waals surface area contributed by atoms with Gasteiger partial charge in [-0.25, -0.2) is 0 Å². The monoisotopic (exact) mass is 221 g/mol. The minimum Gasteiger partial charge on any atom is -0.462 e. The molecular formula is C13H19NO2. The van der Waals surface area contributed by atoms with E-state index in [1.165, 1.54) is 13.1 Å². The number of nitrogens with zero attached hydrogens (tertiary/aromatic N) is 1. The maximum absolute atomic E-state index is 8.92. The molecule has 0 aromatic carbocycles. The van der Waals surface area contributed by atoms with Crippen LogP contribution < -0.4 is 0 Å². The first kappa shape index (κ1) is 10.4. The largest absolute Gasteiger partial charge is 0.462 e. The van der Waals surface area contributed by atoms with Crippen LogP contribution in [0.15, 0.2) is 16.5 Å². The topological polar surface area (TPSA) is 36.6 Å². The fourth-order valence-electron chi connectivity index (χ4n) is 3.16. The van der Waals surface area contributed by atoms with Gasteiger partial charge in [0.2, 0.25) is 0 Å². The van der Waals surface area contributed by atoms with Crippen LogP contribution >= 0.6 is 0 Å². The molecule has 2 fully saturated rings. The fraction of sp³-hybridized carbons (Fsp3) is 0.692. The molecule has 1 saturated carbocycles. The number of rotatable bonds is 3. The molecule has 2 unspecified atom stereocenters. The van der Waals surface area contributed by atoms with Crippen molar-refractivity contribution in [1.29, 1.82) is 0 Å². The van der Waals surface area contributed by atoms with E-state index < -0.39 is 0 Å². The summed E-state index contributed by atoms with van der Waals surface area (Å²) < 4.78 is 5.51. The SMILES string of the molecule is CC1(C)C2CN(Cc3ccc(CO)o3)CC21. The highest BCUT2D eigenvalue weighted by molar-refractivity contribution is 5.13. The van der Waals surface area contributed by atoms with Gasteiger partial charge in [0.25, 0.3) is 0 Å². The lowest BCUT2D eigenvalue weighted by atomic mass is 10.1. The third-order valence-electron chi connectivity index (χ3n) is 4.45. The smallest absolute Gasteiger partial charge is 0.129 e. The van der Waals surface area contributed by atoms with Crippen molar-refractivity contribution in [3.05, 3.63) is 23.7 Å². The zero-order valence-corrected chi connectivity index (χ0v) is 9.94. The standard InChI is InChI=1S/C13H19NO2/c1-13(2)11-6-14(7-12(11)13)5-9-3-4-10(8-15)16-9/h3-4,11-12,15H,5-8H2,1-2H3. The Kier molecular flexibility index (Phi) is 2.17. The predicted octanol–water partition coefficient (Wildman–Crippen LogP) is 1.86. The Morgan fingerprint density at radius 1 is 1.31 bits per heavy atom. The maximum Gasteiger partial charge on any atom is 0.129 e. The Bertz CT molecular complexity index is 382. The Morgan fingerprint density at radius 3 is 2.50 bits per heavy atom. The van der Waals surface area contributed by atoms with Crippen LogP contribution in [0.1, 0.15) is 25.4 Å². The van der Waals surface area contributed by atoms with Gasteiger partial charge in [-0.3, -0.25) is 4.90 Å². The van der Waals surface area contributed by atoms with Crippen molar-refractivity contribution >= 4 is 0 Å².